The van der Waals surface area contributed by atoms with Crippen LogP contribution in [0.4, 0.5) is 4.79 Å². The van der Waals surface area contributed by atoms with Crippen molar-refractivity contribution in [2.45, 2.75) is 50.3 Å². The number of carbonyl (C=O) groups excluding carboxylic acids is 3. The van der Waals surface area contributed by atoms with Gasteiger partial charge in [-0.15, -0.1) is 0 Å². The average Bonchev–Trinajstić information content (AvgIpc) is 3.44. The Bertz CT molecular complexity index is 1120. The van der Waals surface area contributed by atoms with Gasteiger partial charge in [0.15, 0.2) is 0 Å². The molecule has 2 atom stereocenters. The second-order valence-corrected chi connectivity index (χ2v) is 11.1. The third kappa shape index (κ3) is 5.33. The maximum atomic E-state index is 13.1. The molecule has 0 aromatic heterocycles. The highest BCUT2D eigenvalue weighted by molar-refractivity contribution is 5.95. The summed E-state index contributed by atoms with van der Waals surface area (Å²) in [4.78, 5) is 43.8. The number of nitrogens with zero attached hydrogens (tertiary/aromatic N) is 3. The van der Waals surface area contributed by atoms with Gasteiger partial charge in [0.2, 0.25) is 0 Å². The van der Waals surface area contributed by atoms with Crippen molar-refractivity contribution in [1.29, 1.82) is 0 Å². The summed E-state index contributed by atoms with van der Waals surface area (Å²) >= 11 is 0. The number of aldehydes is 1. The van der Waals surface area contributed by atoms with Crippen LogP contribution in [0.3, 0.4) is 0 Å². The number of amides is 3. The van der Waals surface area contributed by atoms with Crippen molar-refractivity contribution in [3.63, 3.8) is 0 Å². The van der Waals surface area contributed by atoms with Crippen molar-refractivity contribution in [2.24, 2.45) is 5.41 Å². The molecule has 2 unspecified atom stereocenters. The molecule has 0 bridgehead atoms. The number of likely N-dealkylation sites (tertiary alicyclic amines) is 1. The summed E-state index contributed by atoms with van der Waals surface area (Å²) in [5, 5.41) is 15.2. The molecule has 3 fully saturated rings. The Balaban J connectivity index is 1.23. The van der Waals surface area contributed by atoms with Crippen molar-refractivity contribution in [2.75, 3.05) is 39.3 Å². The lowest BCUT2D eigenvalue weighted by Gasteiger charge is -2.54. The van der Waals surface area contributed by atoms with E-state index >= 15 is 0 Å². The minimum absolute atomic E-state index is 0.0868. The molecule has 0 radical (unpaired) electrons. The molecular formula is C30H38N4O4. The van der Waals surface area contributed by atoms with Gasteiger partial charge in [0.25, 0.3) is 5.91 Å². The first-order valence-corrected chi connectivity index (χ1v) is 13.8. The second kappa shape index (κ2) is 11.3. The van der Waals surface area contributed by atoms with Crippen molar-refractivity contribution in [1.82, 2.24) is 20.0 Å². The van der Waals surface area contributed by atoms with Crippen LogP contribution in [0.5, 0.6) is 0 Å². The molecule has 3 aliphatic rings. The summed E-state index contributed by atoms with van der Waals surface area (Å²) in [5.74, 6) is -0.136. The number of piperazine rings is 1. The van der Waals surface area contributed by atoms with Crippen LogP contribution in [0.25, 0.3) is 0 Å². The van der Waals surface area contributed by atoms with Gasteiger partial charge in [0, 0.05) is 56.8 Å². The third-order valence-electron chi connectivity index (χ3n) is 8.84. The fourth-order valence-corrected chi connectivity index (χ4v) is 6.66. The standard InChI is InChI=1S/C30H38N4O4/c35-21-26-20-32(17-18-34(26)27(36)25-11-5-2-6-12-25)23-30(38)15-16-33(22-29(30)13-7-8-14-29)28(37)31-19-24-9-3-1-4-10-24/h1-6,9-12,21,26,38H,7-8,13-20,22-23H2,(H,31,37). The van der Waals surface area contributed by atoms with Gasteiger partial charge >= 0.3 is 6.03 Å². The second-order valence-electron chi connectivity index (χ2n) is 11.1. The Morgan fingerprint density at radius 3 is 2.32 bits per heavy atom. The maximum absolute atomic E-state index is 13.1. The van der Waals surface area contributed by atoms with E-state index in [1.54, 1.807) is 17.0 Å². The predicted octanol–water partition coefficient (Wildman–Crippen LogP) is 2.92. The number of rotatable bonds is 6. The fourth-order valence-electron chi connectivity index (χ4n) is 6.66. The van der Waals surface area contributed by atoms with E-state index in [2.05, 4.69) is 10.2 Å². The zero-order valence-corrected chi connectivity index (χ0v) is 21.9. The van der Waals surface area contributed by atoms with Gasteiger partial charge in [-0.25, -0.2) is 4.79 Å². The smallest absolute Gasteiger partial charge is 0.317 e. The molecule has 8 heteroatoms. The van der Waals surface area contributed by atoms with Gasteiger partial charge in [-0.2, -0.15) is 0 Å². The highest BCUT2D eigenvalue weighted by atomic mass is 16.3. The van der Waals surface area contributed by atoms with Crippen LogP contribution in [0.2, 0.25) is 0 Å². The first kappa shape index (κ1) is 26.4. The van der Waals surface area contributed by atoms with Gasteiger partial charge in [0.05, 0.1) is 5.60 Å². The van der Waals surface area contributed by atoms with E-state index in [1.165, 1.54) is 0 Å². The van der Waals surface area contributed by atoms with E-state index in [0.29, 0.717) is 57.8 Å². The van der Waals surface area contributed by atoms with Crippen LogP contribution in [0, 0.1) is 5.41 Å². The van der Waals surface area contributed by atoms with E-state index in [-0.39, 0.29) is 17.4 Å². The summed E-state index contributed by atoms with van der Waals surface area (Å²) < 4.78 is 0. The number of carbonyl (C=O) groups is 3. The van der Waals surface area contributed by atoms with Crippen molar-refractivity contribution in [3.8, 4) is 0 Å². The van der Waals surface area contributed by atoms with E-state index in [1.807, 2.05) is 53.4 Å². The average molecular weight is 519 g/mol. The van der Waals surface area contributed by atoms with Gasteiger partial charge in [-0.3, -0.25) is 9.69 Å². The number of hydrogen-bond acceptors (Lipinski definition) is 5. The van der Waals surface area contributed by atoms with Crippen LogP contribution in [0.15, 0.2) is 60.7 Å². The molecule has 2 heterocycles. The van der Waals surface area contributed by atoms with Crippen LogP contribution >= 0.6 is 0 Å². The lowest BCUT2D eigenvalue weighted by molar-refractivity contribution is -0.144. The molecule has 2 aromatic carbocycles. The van der Waals surface area contributed by atoms with E-state index < -0.39 is 11.6 Å². The summed E-state index contributed by atoms with van der Waals surface area (Å²) in [6.45, 7) is 3.39. The fraction of sp³-hybridized carbons (Fsp3) is 0.500. The van der Waals surface area contributed by atoms with Crippen LogP contribution in [-0.2, 0) is 11.3 Å². The van der Waals surface area contributed by atoms with E-state index in [9.17, 15) is 19.5 Å². The highest BCUT2D eigenvalue weighted by Crippen LogP contribution is 2.51. The maximum Gasteiger partial charge on any atom is 0.317 e. The van der Waals surface area contributed by atoms with Crippen molar-refractivity contribution >= 4 is 18.2 Å². The molecule has 3 amide bonds. The Kier molecular flexibility index (Phi) is 7.81. The molecule has 1 saturated carbocycles. The van der Waals surface area contributed by atoms with Crippen LogP contribution in [0.1, 0.15) is 48.0 Å². The van der Waals surface area contributed by atoms with Gasteiger partial charge < -0.3 is 25.0 Å². The van der Waals surface area contributed by atoms with Gasteiger partial charge in [0.1, 0.15) is 12.3 Å². The molecule has 1 spiro atoms. The first-order chi connectivity index (χ1) is 18.4. The molecular weight excluding hydrogens is 480 g/mol. The monoisotopic (exact) mass is 518 g/mol. The molecule has 2 aliphatic heterocycles. The summed E-state index contributed by atoms with van der Waals surface area (Å²) in [5.41, 5.74) is 0.329. The summed E-state index contributed by atoms with van der Waals surface area (Å²) in [6.07, 6.45) is 5.20. The lowest BCUT2D eigenvalue weighted by Crippen LogP contribution is -2.66. The van der Waals surface area contributed by atoms with Crippen LogP contribution in [-0.4, -0.2) is 88.9 Å². The topological polar surface area (TPSA) is 93.2 Å². The zero-order valence-electron chi connectivity index (χ0n) is 21.9. The summed E-state index contributed by atoms with van der Waals surface area (Å²) in [7, 11) is 0. The SMILES string of the molecule is O=CC1CN(CC2(O)CCN(C(=O)NCc3ccccc3)CC23CCCC3)CCN1C(=O)c1ccccc1. The molecule has 1 aliphatic carbocycles. The minimum Gasteiger partial charge on any atom is -0.388 e. The van der Waals surface area contributed by atoms with Crippen molar-refractivity contribution < 1.29 is 19.5 Å². The molecule has 5 rings (SSSR count). The Labute approximate surface area is 224 Å². The molecule has 38 heavy (non-hydrogen) atoms. The highest BCUT2D eigenvalue weighted by Gasteiger charge is 2.56. The zero-order chi connectivity index (χ0) is 26.6. The van der Waals surface area contributed by atoms with Crippen LogP contribution < -0.4 is 5.32 Å². The number of hydrogen-bond donors (Lipinski definition) is 2. The third-order valence-corrected chi connectivity index (χ3v) is 8.84. The first-order valence-electron chi connectivity index (χ1n) is 13.8. The minimum atomic E-state index is -0.946. The number of piperidine rings is 1. The Morgan fingerprint density at radius 2 is 1.63 bits per heavy atom. The van der Waals surface area contributed by atoms with E-state index in [0.717, 1.165) is 37.5 Å². The lowest BCUT2D eigenvalue weighted by atomic mass is 9.65. The number of β-amino-alcohol motifs (C(OH)–C–C–N with tert-alkyl or cyclic N) is 1. The Hall–Kier alpha value is -3.23. The largest absolute Gasteiger partial charge is 0.388 e. The number of benzene rings is 2. The molecule has 2 N–H and O–H groups in total. The molecule has 2 saturated heterocycles. The number of urea groups is 1. The predicted molar refractivity (Wildman–Crippen MR) is 144 cm³/mol. The number of aliphatic hydroxyl groups is 1. The van der Waals surface area contributed by atoms with E-state index in [4.69, 9.17) is 0 Å². The molecule has 8 nitrogen and oxygen atoms in total. The molecule has 202 valence electrons. The molecule has 2 aromatic rings. The van der Waals surface area contributed by atoms with Gasteiger partial charge in [-0.1, -0.05) is 61.4 Å². The number of nitrogens with one attached hydrogen (secondary N) is 1. The van der Waals surface area contributed by atoms with Crippen molar-refractivity contribution in [3.05, 3.63) is 71.8 Å². The normalized spacial score (nSPS) is 25.3. The Morgan fingerprint density at radius 1 is 0.947 bits per heavy atom. The summed E-state index contributed by atoms with van der Waals surface area (Å²) in [6, 6.07) is 18.3. The van der Waals surface area contributed by atoms with Gasteiger partial charge in [-0.05, 0) is 37.0 Å². The quantitative estimate of drug-likeness (QED) is 0.574.